The molecule has 0 fully saturated rings. The largest absolute Gasteiger partial charge is 0.506 e. The first-order valence-corrected chi connectivity index (χ1v) is 6.64. The first kappa shape index (κ1) is 16.3. The first-order valence-electron chi connectivity index (χ1n) is 6.64. The molecular formula is C14H16N4O5. The summed E-state index contributed by atoms with van der Waals surface area (Å²) in [4.78, 5) is 37.6. The number of aromatic nitrogens is 3. The van der Waals surface area contributed by atoms with Gasteiger partial charge in [-0.15, -0.1) is 0 Å². The predicted octanol–water partition coefficient (Wildman–Crippen LogP) is -0.392. The van der Waals surface area contributed by atoms with Crippen LogP contribution in [-0.2, 0) is 16.6 Å². The Morgan fingerprint density at radius 2 is 2.22 bits per heavy atom. The fourth-order valence-corrected chi connectivity index (χ4v) is 2.33. The lowest BCUT2D eigenvalue weighted by atomic mass is 9.89. The van der Waals surface area contributed by atoms with Crippen molar-refractivity contribution in [1.29, 1.82) is 0 Å². The molecular weight excluding hydrogens is 304 g/mol. The lowest BCUT2D eigenvalue weighted by Crippen LogP contribution is -2.23. The number of carbonyl (C=O) groups excluding carboxylic acids is 2. The average Bonchev–Trinajstić information content (AvgIpc) is 2.91. The number of methoxy groups -OCH3 is 1. The van der Waals surface area contributed by atoms with Gasteiger partial charge < -0.3 is 20.6 Å². The fourth-order valence-electron chi connectivity index (χ4n) is 2.33. The van der Waals surface area contributed by atoms with Crippen molar-refractivity contribution in [2.24, 2.45) is 12.8 Å². The van der Waals surface area contributed by atoms with Crippen LogP contribution in [0.5, 0.6) is 5.75 Å². The molecule has 4 N–H and O–H groups in total. The molecule has 0 aliphatic heterocycles. The van der Waals surface area contributed by atoms with Crippen molar-refractivity contribution >= 4 is 11.9 Å². The second-order valence-electron chi connectivity index (χ2n) is 4.96. The number of carbonyl (C=O) groups is 2. The van der Waals surface area contributed by atoms with Crippen molar-refractivity contribution in [2.45, 2.75) is 12.3 Å². The van der Waals surface area contributed by atoms with Crippen molar-refractivity contribution < 1.29 is 19.4 Å². The van der Waals surface area contributed by atoms with Crippen LogP contribution in [0.4, 0.5) is 0 Å². The molecule has 2 rings (SSSR count). The maximum atomic E-state index is 12.2. The summed E-state index contributed by atoms with van der Waals surface area (Å²) in [6.45, 7) is 0. The van der Waals surface area contributed by atoms with Crippen LogP contribution in [0.2, 0.25) is 0 Å². The second kappa shape index (κ2) is 6.34. The van der Waals surface area contributed by atoms with Gasteiger partial charge in [0.2, 0.25) is 5.91 Å². The topological polar surface area (TPSA) is 140 Å². The highest BCUT2D eigenvalue weighted by molar-refractivity contribution is 5.92. The molecule has 122 valence electrons. The quantitative estimate of drug-likeness (QED) is 0.641. The van der Waals surface area contributed by atoms with Crippen LogP contribution in [0.15, 0.2) is 23.4 Å². The SMILES string of the molecule is COC(=O)c1c[nH]c(=O)c(C(CC(N)=O)c2cnn(C)c2)c1O. The third-order valence-electron chi connectivity index (χ3n) is 3.39. The number of hydrogen-bond donors (Lipinski definition) is 3. The van der Waals surface area contributed by atoms with Crippen LogP contribution >= 0.6 is 0 Å². The van der Waals surface area contributed by atoms with E-state index in [2.05, 4.69) is 14.8 Å². The molecule has 2 heterocycles. The number of nitrogens with two attached hydrogens (primary N) is 1. The number of aryl methyl sites for hydroxylation is 1. The van der Waals surface area contributed by atoms with Gasteiger partial charge in [0, 0.05) is 31.8 Å². The Kier molecular flexibility index (Phi) is 4.49. The maximum Gasteiger partial charge on any atom is 0.343 e. The van der Waals surface area contributed by atoms with E-state index in [0.717, 1.165) is 13.3 Å². The number of H-pyrrole nitrogens is 1. The Bertz CT molecular complexity index is 808. The minimum absolute atomic E-state index is 0.139. The number of aromatic hydroxyl groups is 1. The number of aromatic amines is 1. The Morgan fingerprint density at radius 1 is 1.52 bits per heavy atom. The number of esters is 1. The summed E-state index contributed by atoms with van der Waals surface area (Å²) in [6, 6.07) is 0. The number of pyridine rings is 1. The molecule has 1 amide bonds. The molecule has 2 aromatic rings. The van der Waals surface area contributed by atoms with E-state index in [0.29, 0.717) is 5.56 Å². The van der Waals surface area contributed by atoms with E-state index in [1.807, 2.05) is 0 Å². The van der Waals surface area contributed by atoms with Gasteiger partial charge in [0.15, 0.2) is 0 Å². The first-order chi connectivity index (χ1) is 10.8. The smallest absolute Gasteiger partial charge is 0.343 e. The van der Waals surface area contributed by atoms with Gasteiger partial charge in [-0.1, -0.05) is 0 Å². The number of amides is 1. The molecule has 0 aromatic carbocycles. The summed E-state index contributed by atoms with van der Waals surface area (Å²) < 4.78 is 6.04. The van der Waals surface area contributed by atoms with Crippen LogP contribution in [0.3, 0.4) is 0 Å². The van der Waals surface area contributed by atoms with E-state index < -0.39 is 29.1 Å². The van der Waals surface area contributed by atoms with E-state index in [4.69, 9.17) is 5.73 Å². The number of hydrogen-bond acceptors (Lipinski definition) is 6. The number of rotatable bonds is 5. The van der Waals surface area contributed by atoms with E-state index in [1.54, 1.807) is 13.2 Å². The van der Waals surface area contributed by atoms with Crippen molar-refractivity contribution in [2.75, 3.05) is 7.11 Å². The van der Waals surface area contributed by atoms with Crippen molar-refractivity contribution in [3.63, 3.8) is 0 Å². The molecule has 23 heavy (non-hydrogen) atoms. The molecule has 0 aliphatic carbocycles. The highest BCUT2D eigenvalue weighted by atomic mass is 16.5. The molecule has 9 nitrogen and oxygen atoms in total. The Labute approximate surface area is 130 Å². The van der Waals surface area contributed by atoms with Crippen LogP contribution in [0.25, 0.3) is 0 Å². The maximum absolute atomic E-state index is 12.2. The van der Waals surface area contributed by atoms with Crippen LogP contribution < -0.4 is 11.3 Å². The lowest BCUT2D eigenvalue weighted by molar-refractivity contribution is -0.118. The van der Waals surface area contributed by atoms with Crippen LogP contribution in [-0.4, -0.2) is 38.9 Å². The molecule has 0 bridgehead atoms. The standard InChI is InChI=1S/C14H16N4O5/c1-18-6-7(4-17-18)8(3-10(15)19)11-12(20)9(14(22)23-2)5-16-13(11)21/h4-6,8H,3H2,1-2H3,(H2,15,19)(H2,16,20,21). The minimum atomic E-state index is -0.838. The van der Waals surface area contributed by atoms with Gasteiger partial charge in [-0.3, -0.25) is 14.3 Å². The number of ether oxygens (including phenoxy) is 1. The normalized spacial score (nSPS) is 11.9. The second-order valence-corrected chi connectivity index (χ2v) is 4.96. The fraction of sp³-hybridized carbons (Fsp3) is 0.286. The Balaban J connectivity index is 2.65. The van der Waals surface area contributed by atoms with Crippen LogP contribution in [0, 0.1) is 0 Å². The van der Waals surface area contributed by atoms with Gasteiger partial charge in [0.25, 0.3) is 5.56 Å². The zero-order valence-corrected chi connectivity index (χ0v) is 12.6. The molecule has 0 saturated heterocycles. The molecule has 0 aliphatic rings. The third kappa shape index (κ3) is 3.23. The lowest BCUT2D eigenvalue weighted by Gasteiger charge is -2.16. The van der Waals surface area contributed by atoms with Gasteiger partial charge in [-0.2, -0.15) is 5.10 Å². The molecule has 0 saturated carbocycles. The van der Waals surface area contributed by atoms with E-state index in [9.17, 15) is 19.5 Å². The highest BCUT2D eigenvalue weighted by Gasteiger charge is 2.28. The van der Waals surface area contributed by atoms with Crippen molar-refractivity contribution in [3.05, 3.63) is 45.6 Å². The molecule has 0 radical (unpaired) electrons. The summed E-state index contributed by atoms with van der Waals surface area (Å²) >= 11 is 0. The van der Waals surface area contributed by atoms with Gasteiger partial charge in [-0.25, -0.2) is 4.79 Å². The Hall–Kier alpha value is -3.10. The molecule has 1 unspecified atom stereocenters. The molecule has 1 atom stereocenters. The monoisotopic (exact) mass is 320 g/mol. The van der Waals surface area contributed by atoms with E-state index in [1.165, 1.54) is 10.9 Å². The van der Waals surface area contributed by atoms with Crippen molar-refractivity contribution in [1.82, 2.24) is 14.8 Å². The van der Waals surface area contributed by atoms with E-state index in [-0.39, 0.29) is 17.5 Å². The van der Waals surface area contributed by atoms with Crippen LogP contribution in [0.1, 0.15) is 33.8 Å². The molecule has 2 aromatic heterocycles. The summed E-state index contributed by atoms with van der Waals surface area (Å²) in [5.41, 5.74) is 4.77. The van der Waals surface area contributed by atoms with E-state index >= 15 is 0 Å². The van der Waals surface area contributed by atoms with Gasteiger partial charge >= 0.3 is 5.97 Å². The zero-order valence-electron chi connectivity index (χ0n) is 12.6. The van der Waals surface area contributed by atoms with Crippen molar-refractivity contribution in [3.8, 4) is 5.75 Å². The zero-order chi connectivity index (χ0) is 17.1. The highest BCUT2D eigenvalue weighted by Crippen LogP contribution is 2.33. The summed E-state index contributed by atoms with van der Waals surface area (Å²) in [5.74, 6) is -2.87. The van der Waals surface area contributed by atoms with Gasteiger partial charge in [0.1, 0.15) is 11.3 Å². The number of nitrogens with zero attached hydrogens (tertiary/aromatic N) is 2. The summed E-state index contributed by atoms with van der Waals surface area (Å²) in [5, 5.41) is 14.3. The summed E-state index contributed by atoms with van der Waals surface area (Å²) in [6.07, 6.45) is 3.87. The Morgan fingerprint density at radius 3 is 2.74 bits per heavy atom. The average molecular weight is 320 g/mol. The van der Waals surface area contributed by atoms with Gasteiger partial charge in [0.05, 0.1) is 18.9 Å². The van der Waals surface area contributed by atoms with Gasteiger partial charge in [-0.05, 0) is 5.56 Å². The number of primary amides is 1. The number of nitrogens with one attached hydrogen (secondary N) is 1. The summed E-state index contributed by atoms with van der Waals surface area (Å²) in [7, 11) is 2.81. The predicted molar refractivity (Wildman–Crippen MR) is 78.9 cm³/mol. The third-order valence-corrected chi connectivity index (χ3v) is 3.39. The minimum Gasteiger partial charge on any atom is -0.506 e. The molecule has 9 heteroatoms. The molecule has 0 spiro atoms.